The summed E-state index contributed by atoms with van der Waals surface area (Å²) in [5.41, 5.74) is 0.959. The van der Waals surface area contributed by atoms with Crippen LogP contribution in [0.15, 0.2) is 71.6 Å². The van der Waals surface area contributed by atoms with Gasteiger partial charge in [-0.3, -0.25) is 13.9 Å². The van der Waals surface area contributed by atoms with Crippen molar-refractivity contribution in [2.45, 2.75) is 57.6 Å². The highest BCUT2D eigenvalue weighted by Gasteiger charge is 2.33. The van der Waals surface area contributed by atoms with Crippen molar-refractivity contribution >= 4 is 39.1 Å². The zero-order chi connectivity index (χ0) is 32.4. The lowest BCUT2D eigenvalue weighted by molar-refractivity contribution is -0.139. The van der Waals surface area contributed by atoms with Crippen LogP contribution in [0.4, 0.5) is 5.69 Å². The number of ether oxygens (including phenoxy) is 3. The van der Waals surface area contributed by atoms with Crippen LogP contribution in [-0.2, 0) is 26.2 Å². The van der Waals surface area contributed by atoms with Crippen molar-refractivity contribution in [3.63, 3.8) is 0 Å². The number of rotatable bonds is 15. The standard InChI is InChI=1S/C32H40ClN3O7S/c1-7-22(3)34-32(38)23(4)35(20-24-9-11-25(33)12-10-24)31(37)21-36(26-13-15-27(16-14-26)43-8-2)44(39,40)28-17-18-29(41-5)30(19-28)42-6/h9-19,22-23H,7-8,20-21H2,1-6H3,(H,34,38)/t22-,23+/m0/s1. The fourth-order valence-corrected chi connectivity index (χ4v) is 5.90. The topological polar surface area (TPSA) is 114 Å². The Morgan fingerprint density at radius 3 is 2.11 bits per heavy atom. The maximum atomic E-state index is 14.2. The molecule has 0 aliphatic carbocycles. The smallest absolute Gasteiger partial charge is 0.264 e. The summed E-state index contributed by atoms with van der Waals surface area (Å²) in [6.45, 7) is 7.18. The van der Waals surface area contributed by atoms with E-state index in [1.807, 2.05) is 20.8 Å². The molecule has 238 valence electrons. The second-order valence-electron chi connectivity index (χ2n) is 10.1. The zero-order valence-electron chi connectivity index (χ0n) is 25.9. The van der Waals surface area contributed by atoms with E-state index in [4.69, 9.17) is 25.8 Å². The maximum absolute atomic E-state index is 14.2. The van der Waals surface area contributed by atoms with E-state index in [-0.39, 0.29) is 34.8 Å². The van der Waals surface area contributed by atoms with Gasteiger partial charge in [-0.05, 0) is 81.3 Å². The molecule has 0 spiro atoms. The molecule has 0 heterocycles. The van der Waals surface area contributed by atoms with Gasteiger partial charge in [0.15, 0.2) is 11.5 Å². The number of halogens is 1. The highest BCUT2D eigenvalue weighted by atomic mass is 35.5. The van der Waals surface area contributed by atoms with Gasteiger partial charge in [0.1, 0.15) is 18.3 Å². The van der Waals surface area contributed by atoms with Crippen LogP contribution in [0.1, 0.15) is 39.7 Å². The second kappa shape index (κ2) is 15.7. The number of hydrogen-bond acceptors (Lipinski definition) is 7. The number of carbonyl (C=O) groups excluding carboxylic acids is 2. The van der Waals surface area contributed by atoms with Crippen molar-refractivity contribution in [3.05, 3.63) is 77.3 Å². The van der Waals surface area contributed by atoms with Gasteiger partial charge in [-0.25, -0.2) is 8.42 Å². The second-order valence-corrected chi connectivity index (χ2v) is 12.4. The van der Waals surface area contributed by atoms with E-state index in [2.05, 4.69) is 5.32 Å². The highest BCUT2D eigenvalue weighted by Crippen LogP contribution is 2.33. The van der Waals surface area contributed by atoms with Gasteiger partial charge in [-0.2, -0.15) is 0 Å². The minimum atomic E-state index is -4.32. The van der Waals surface area contributed by atoms with Crippen LogP contribution in [0, 0.1) is 0 Å². The van der Waals surface area contributed by atoms with Gasteiger partial charge in [0.2, 0.25) is 11.8 Å². The zero-order valence-corrected chi connectivity index (χ0v) is 27.4. The van der Waals surface area contributed by atoms with Gasteiger partial charge in [0.25, 0.3) is 10.0 Å². The number of carbonyl (C=O) groups is 2. The number of anilines is 1. The first-order valence-electron chi connectivity index (χ1n) is 14.3. The summed E-state index contributed by atoms with van der Waals surface area (Å²) in [5.74, 6) is 0.184. The Hall–Kier alpha value is -3.96. The predicted molar refractivity (Wildman–Crippen MR) is 171 cm³/mol. The number of benzene rings is 3. The molecule has 2 atom stereocenters. The van der Waals surface area contributed by atoms with Crippen molar-refractivity contribution in [2.24, 2.45) is 0 Å². The summed E-state index contributed by atoms with van der Waals surface area (Å²) in [4.78, 5) is 28.6. The molecule has 0 aromatic heterocycles. The Labute approximate surface area is 264 Å². The van der Waals surface area contributed by atoms with Crippen molar-refractivity contribution in [1.29, 1.82) is 0 Å². The molecule has 3 aromatic carbocycles. The molecular weight excluding hydrogens is 606 g/mol. The molecule has 3 rings (SSSR count). The summed E-state index contributed by atoms with van der Waals surface area (Å²) >= 11 is 6.07. The molecule has 0 unspecified atom stereocenters. The monoisotopic (exact) mass is 645 g/mol. The number of nitrogens with zero attached hydrogens (tertiary/aromatic N) is 2. The fourth-order valence-electron chi connectivity index (χ4n) is 4.34. The van der Waals surface area contributed by atoms with Crippen LogP contribution in [0.2, 0.25) is 5.02 Å². The van der Waals surface area contributed by atoms with Crippen molar-refractivity contribution in [2.75, 3.05) is 31.7 Å². The first kappa shape index (κ1) is 34.5. The normalized spacial score (nSPS) is 12.5. The van der Waals surface area contributed by atoms with Crippen LogP contribution in [0.25, 0.3) is 0 Å². The molecule has 12 heteroatoms. The molecule has 0 aliphatic rings. The Kier molecular flexibility index (Phi) is 12.3. The molecule has 1 N–H and O–H groups in total. The highest BCUT2D eigenvalue weighted by molar-refractivity contribution is 7.92. The van der Waals surface area contributed by atoms with Gasteiger partial charge in [0, 0.05) is 23.7 Å². The minimum absolute atomic E-state index is 0.0542. The summed E-state index contributed by atoms with van der Waals surface area (Å²) in [6.07, 6.45) is 0.707. The Balaban J connectivity index is 2.07. The quantitative estimate of drug-likeness (QED) is 0.239. The molecule has 3 aromatic rings. The third kappa shape index (κ3) is 8.57. The minimum Gasteiger partial charge on any atom is -0.494 e. The van der Waals surface area contributed by atoms with Gasteiger partial charge in [0.05, 0.1) is 31.4 Å². The summed E-state index contributed by atoms with van der Waals surface area (Å²) < 4.78 is 45.5. The first-order valence-corrected chi connectivity index (χ1v) is 16.1. The number of nitrogens with one attached hydrogen (secondary N) is 1. The summed E-state index contributed by atoms with van der Waals surface area (Å²) in [5, 5.41) is 3.44. The summed E-state index contributed by atoms with van der Waals surface area (Å²) in [7, 11) is -1.47. The van der Waals surface area contributed by atoms with Gasteiger partial charge in [-0.1, -0.05) is 30.7 Å². The lowest BCUT2D eigenvalue weighted by Gasteiger charge is -2.32. The van der Waals surface area contributed by atoms with E-state index in [9.17, 15) is 18.0 Å². The van der Waals surface area contributed by atoms with Crippen molar-refractivity contribution in [3.8, 4) is 17.2 Å². The van der Waals surface area contributed by atoms with Crippen LogP contribution in [-0.4, -0.2) is 64.6 Å². The van der Waals surface area contributed by atoms with Crippen LogP contribution in [0.3, 0.4) is 0 Å². The van der Waals surface area contributed by atoms with E-state index in [0.29, 0.717) is 29.5 Å². The average Bonchev–Trinajstić information content (AvgIpc) is 3.02. The molecule has 44 heavy (non-hydrogen) atoms. The van der Waals surface area contributed by atoms with Crippen molar-refractivity contribution < 1.29 is 32.2 Å². The third-order valence-electron chi connectivity index (χ3n) is 7.09. The van der Waals surface area contributed by atoms with E-state index >= 15 is 0 Å². The van der Waals surface area contributed by atoms with Gasteiger partial charge >= 0.3 is 0 Å². The number of hydrogen-bond donors (Lipinski definition) is 1. The number of amides is 2. The Morgan fingerprint density at radius 1 is 0.909 bits per heavy atom. The maximum Gasteiger partial charge on any atom is 0.264 e. The Morgan fingerprint density at radius 2 is 1.55 bits per heavy atom. The van der Waals surface area contributed by atoms with Gasteiger partial charge in [-0.15, -0.1) is 0 Å². The molecule has 0 radical (unpaired) electrons. The van der Waals surface area contributed by atoms with E-state index < -0.39 is 28.5 Å². The lowest BCUT2D eigenvalue weighted by atomic mass is 10.1. The molecule has 0 bridgehead atoms. The number of sulfonamides is 1. The Bertz CT molecular complexity index is 1520. The predicted octanol–water partition coefficient (Wildman–Crippen LogP) is 5.28. The average molecular weight is 646 g/mol. The molecular formula is C32H40ClN3O7S. The third-order valence-corrected chi connectivity index (χ3v) is 9.11. The lowest BCUT2D eigenvalue weighted by Crippen LogP contribution is -2.52. The molecule has 2 amide bonds. The SMILES string of the molecule is CCOc1ccc(N(CC(=O)N(Cc2ccc(Cl)cc2)[C@H](C)C(=O)N[C@@H](C)CC)S(=O)(=O)c2ccc(OC)c(OC)c2)cc1. The van der Waals surface area contributed by atoms with E-state index in [1.54, 1.807) is 55.5 Å². The fraction of sp³-hybridized carbons (Fsp3) is 0.375. The summed E-state index contributed by atoms with van der Waals surface area (Å²) in [6, 6.07) is 16.5. The van der Waals surface area contributed by atoms with Gasteiger partial charge < -0.3 is 24.4 Å². The largest absolute Gasteiger partial charge is 0.494 e. The van der Waals surface area contributed by atoms with E-state index in [1.165, 1.54) is 37.3 Å². The first-order chi connectivity index (χ1) is 20.9. The molecule has 0 aliphatic heterocycles. The van der Waals surface area contributed by atoms with Crippen LogP contribution >= 0.6 is 11.6 Å². The van der Waals surface area contributed by atoms with E-state index in [0.717, 1.165) is 9.87 Å². The van der Waals surface area contributed by atoms with Crippen LogP contribution < -0.4 is 23.8 Å². The molecule has 0 fully saturated rings. The molecule has 0 saturated carbocycles. The molecule has 10 nitrogen and oxygen atoms in total. The van der Waals surface area contributed by atoms with Crippen LogP contribution in [0.5, 0.6) is 17.2 Å². The number of methoxy groups -OCH3 is 2. The molecule has 0 saturated heterocycles. The van der Waals surface area contributed by atoms with Crippen molar-refractivity contribution in [1.82, 2.24) is 10.2 Å².